The van der Waals surface area contributed by atoms with Gasteiger partial charge in [-0.25, -0.2) is 9.97 Å². The van der Waals surface area contributed by atoms with E-state index < -0.39 is 0 Å². The van der Waals surface area contributed by atoms with Gasteiger partial charge >= 0.3 is 0 Å². The zero-order valence-corrected chi connectivity index (χ0v) is 15.5. The summed E-state index contributed by atoms with van der Waals surface area (Å²) in [5.74, 6) is 1.05. The molecule has 3 rings (SSSR count). The second-order valence-corrected chi connectivity index (χ2v) is 6.91. The van der Waals surface area contributed by atoms with Gasteiger partial charge < -0.3 is 9.80 Å². The van der Waals surface area contributed by atoms with E-state index in [4.69, 9.17) is 0 Å². The van der Waals surface area contributed by atoms with Crippen molar-refractivity contribution in [2.24, 2.45) is 0 Å². The predicted molar refractivity (Wildman–Crippen MR) is 102 cm³/mol. The van der Waals surface area contributed by atoms with Crippen LogP contribution in [0.5, 0.6) is 0 Å². The predicted octanol–water partition coefficient (Wildman–Crippen LogP) is 2.67. The minimum absolute atomic E-state index is 1.02. The lowest BCUT2D eigenvalue weighted by molar-refractivity contribution is 0.205. The summed E-state index contributed by atoms with van der Waals surface area (Å²) in [6.07, 6.45) is 1.69. The third kappa shape index (κ3) is 4.32. The molecule has 3 heterocycles. The van der Waals surface area contributed by atoms with Gasteiger partial charge in [-0.15, -0.1) is 0 Å². The van der Waals surface area contributed by atoms with E-state index in [0.29, 0.717) is 0 Å². The molecule has 1 saturated heterocycles. The lowest BCUT2D eigenvalue weighted by Crippen LogP contribution is -2.48. The van der Waals surface area contributed by atoms with Gasteiger partial charge in [-0.3, -0.25) is 4.90 Å². The zero-order chi connectivity index (χ0) is 16.8. The molecule has 0 aliphatic carbocycles. The molecule has 24 heavy (non-hydrogen) atoms. The minimum Gasteiger partial charge on any atom is -0.354 e. The Morgan fingerprint density at radius 1 is 1.12 bits per heavy atom. The molecule has 1 aliphatic heterocycles. The fourth-order valence-electron chi connectivity index (χ4n) is 3.11. The molecule has 1 fully saturated rings. The van der Waals surface area contributed by atoms with Gasteiger partial charge in [0.25, 0.3) is 0 Å². The highest BCUT2D eigenvalue weighted by Crippen LogP contribution is 2.23. The van der Waals surface area contributed by atoms with Gasteiger partial charge in [0.1, 0.15) is 12.1 Å². The van der Waals surface area contributed by atoms with Gasteiger partial charge in [0.05, 0.1) is 5.69 Å². The number of piperazine rings is 1. The summed E-state index contributed by atoms with van der Waals surface area (Å²) in [6, 6.07) is 4.23. The summed E-state index contributed by atoms with van der Waals surface area (Å²) >= 11 is 1.70. The molecule has 1 aliphatic rings. The standard InChI is InChI=1S/C18H27N5S/c1-3-21(4-2)6-7-22-8-10-23(11-9-22)18-13-17(19-15-20-18)16-5-12-24-14-16/h5,12-15H,3-4,6-11H2,1-2H3. The van der Waals surface area contributed by atoms with Crippen molar-refractivity contribution in [3.8, 4) is 11.3 Å². The number of thiophene rings is 1. The third-order valence-corrected chi connectivity index (χ3v) is 5.48. The molecular weight excluding hydrogens is 318 g/mol. The highest BCUT2D eigenvalue weighted by Gasteiger charge is 2.18. The number of likely N-dealkylation sites (N-methyl/N-ethyl adjacent to an activating group) is 1. The molecule has 2 aromatic rings. The smallest absolute Gasteiger partial charge is 0.132 e. The highest BCUT2D eigenvalue weighted by atomic mass is 32.1. The first-order valence-electron chi connectivity index (χ1n) is 8.84. The van der Waals surface area contributed by atoms with Crippen LogP contribution in [-0.4, -0.2) is 72.1 Å². The first-order chi connectivity index (χ1) is 11.8. The van der Waals surface area contributed by atoms with Crippen molar-refractivity contribution in [1.82, 2.24) is 19.8 Å². The summed E-state index contributed by atoms with van der Waals surface area (Å²) in [4.78, 5) is 16.3. The summed E-state index contributed by atoms with van der Waals surface area (Å²) in [5.41, 5.74) is 2.20. The fourth-order valence-corrected chi connectivity index (χ4v) is 3.76. The molecule has 0 radical (unpaired) electrons. The van der Waals surface area contributed by atoms with E-state index >= 15 is 0 Å². The Hall–Kier alpha value is -1.50. The van der Waals surface area contributed by atoms with Crippen molar-refractivity contribution in [2.45, 2.75) is 13.8 Å². The maximum absolute atomic E-state index is 4.49. The average molecular weight is 346 g/mol. The Labute approximate surface area is 148 Å². The normalized spacial score (nSPS) is 16.0. The maximum atomic E-state index is 4.49. The van der Waals surface area contributed by atoms with E-state index in [1.807, 2.05) is 0 Å². The number of hydrogen-bond donors (Lipinski definition) is 0. The van der Waals surface area contributed by atoms with Crippen LogP contribution in [-0.2, 0) is 0 Å². The Bertz CT molecular complexity index is 604. The maximum Gasteiger partial charge on any atom is 0.132 e. The van der Waals surface area contributed by atoms with E-state index in [-0.39, 0.29) is 0 Å². The lowest BCUT2D eigenvalue weighted by Gasteiger charge is -2.36. The largest absolute Gasteiger partial charge is 0.354 e. The van der Waals surface area contributed by atoms with Crippen LogP contribution in [0.4, 0.5) is 5.82 Å². The number of hydrogen-bond acceptors (Lipinski definition) is 6. The molecule has 5 nitrogen and oxygen atoms in total. The van der Waals surface area contributed by atoms with E-state index in [1.165, 1.54) is 18.7 Å². The van der Waals surface area contributed by atoms with Crippen LogP contribution >= 0.6 is 11.3 Å². The number of anilines is 1. The van der Waals surface area contributed by atoms with Gasteiger partial charge in [-0.1, -0.05) is 13.8 Å². The second-order valence-electron chi connectivity index (χ2n) is 6.13. The Morgan fingerprint density at radius 3 is 2.58 bits per heavy atom. The molecule has 0 saturated carbocycles. The van der Waals surface area contributed by atoms with Crippen molar-refractivity contribution in [1.29, 1.82) is 0 Å². The summed E-state index contributed by atoms with van der Waals surface area (Å²) < 4.78 is 0. The number of aromatic nitrogens is 2. The molecule has 0 atom stereocenters. The fraction of sp³-hybridized carbons (Fsp3) is 0.556. The van der Waals surface area contributed by atoms with E-state index in [0.717, 1.165) is 50.8 Å². The summed E-state index contributed by atoms with van der Waals surface area (Å²) in [7, 11) is 0. The van der Waals surface area contributed by atoms with Crippen molar-refractivity contribution < 1.29 is 0 Å². The Kier molecular flexibility index (Phi) is 6.18. The minimum atomic E-state index is 1.02. The van der Waals surface area contributed by atoms with Gasteiger partial charge in [0.2, 0.25) is 0 Å². The van der Waals surface area contributed by atoms with E-state index in [2.05, 4.69) is 61.4 Å². The molecular formula is C18H27N5S. The number of rotatable bonds is 7. The molecule has 0 spiro atoms. The molecule has 0 bridgehead atoms. The first-order valence-corrected chi connectivity index (χ1v) is 9.78. The molecule has 2 aromatic heterocycles. The van der Waals surface area contributed by atoms with Crippen LogP contribution in [0.1, 0.15) is 13.8 Å². The molecule has 0 unspecified atom stereocenters. The van der Waals surface area contributed by atoms with Gasteiger partial charge in [0, 0.05) is 56.3 Å². The Balaban J connectivity index is 1.54. The quantitative estimate of drug-likeness (QED) is 0.771. The topological polar surface area (TPSA) is 35.5 Å². The van der Waals surface area contributed by atoms with Crippen LogP contribution in [0.2, 0.25) is 0 Å². The highest BCUT2D eigenvalue weighted by molar-refractivity contribution is 7.08. The third-order valence-electron chi connectivity index (χ3n) is 4.79. The first kappa shape index (κ1) is 17.3. The lowest BCUT2D eigenvalue weighted by atomic mass is 10.2. The van der Waals surface area contributed by atoms with Crippen LogP contribution < -0.4 is 4.90 Å². The average Bonchev–Trinajstić information content (AvgIpc) is 3.18. The van der Waals surface area contributed by atoms with Crippen LogP contribution in [0.3, 0.4) is 0 Å². The van der Waals surface area contributed by atoms with Crippen molar-refractivity contribution in [2.75, 3.05) is 57.3 Å². The van der Waals surface area contributed by atoms with Crippen molar-refractivity contribution in [3.63, 3.8) is 0 Å². The molecule has 130 valence electrons. The molecule has 0 aromatic carbocycles. The van der Waals surface area contributed by atoms with Crippen LogP contribution in [0.15, 0.2) is 29.2 Å². The second kappa shape index (κ2) is 8.55. The monoisotopic (exact) mass is 345 g/mol. The molecule has 0 amide bonds. The van der Waals surface area contributed by atoms with Gasteiger partial charge in [-0.2, -0.15) is 11.3 Å². The zero-order valence-electron chi connectivity index (χ0n) is 14.7. The van der Waals surface area contributed by atoms with Crippen LogP contribution in [0, 0.1) is 0 Å². The van der Waals surface area contributed by atoms with Crippen molar-refractivity contribution >= 4 is 17.2 Å². The SMILES string of the molecule is CCN(CC)CCN1CCN(c2cc(-c3ccsc3)ncn2)CC1. The Morgan fingerprint density at radius 2 is 1.92 bits per heavy atom. The molecule has 6 heteroatoms. The summed E-state index contributed by atoms with van der Waals surface area (Å²) in [5, 5.41) is 4.23. The van der Waals surface area contributed by atoms with E-state index in [1.54, 1.807) is 17.7 Å². The number of nitrogens with zero attached hydrogens (tertiary/aromatic N) is 5. The molecule has 0 N–H and O–H groups in total. The van der Waals surface area contributed by atoms with Gasteiger partial charge in [-0.05, 0) is 24.5 Å². The van der Waals surface area contributed by atoms with Crippen molar-refractivity contribution in [3.05, 3.63) is 29.2 Å². The van der Waals surface area contributed by atoms with E-state index in [9.17, 15) is 0 Å². The van der Waals surface area contributed by atoms with Crippen LogP contribution in [0.25, 0.3) is 11.3 Å². The summed E-state index contributed by atoms with van der Waals surface area (Å²) in [6.45, 7) is 13.4. The van der Waals surface area contributed by atoms with Gasteiger partial charge in [0.15, 0.2) is 0 Å².